The fourth-order valence-electron chi connectivity index (χ4n) is 3.13. The number of carbonyl (C=O) groups is 1. The van der Waals surface area contributed by atoms with Gasteiger partial charge < -0.3 is 23.7 Å². The van der Waals surface area contributed by atoms with Crippen LogP contribution >= 0.6 is 11.3 Å². The molecule has 0 aliphatic rings. The van der Waals surface area contributed by atoms with Gasteiger partial charge in [-0.15, -0.1) is 0 Å². The lowest BCUT2D eigenvalue weighted by molar-refractivity contribution is -0.115. The minimum Gasteiger partial charge on any atom is -0.493 e. The molecule has 0 radical (unpaired) electrons. The quantitative estimate of drug-likeness (QED) is 0.467. The van der Waals surface area contributed by atoms with Crippen LogP contribution in [0.5, 0.6) is 28.7 Å². The molecule has 0 fully saturated rings. The van der Waals surface area contributed by atoms with Crippen LogP contribution in [0.3, 0.4) is 0 Å². The topological polar surface area (TPSA) is 85.2 Å². The van der Waals surface area contributed by atoms with E-state index in [9.17, 15) is 9.59 Å². The fraction of sp³-hybridized carbons (Fsp3) is 0.273. The normalized spacial score (nSPS) is 11.0. The second-order valence-corrected chi connectivity index (χ2v) is 7.38. The Morgan fingerprint density at radius 3 is 2.00 bits per heavy atom. The minimum absolute atomic E-state index is 0.102. The number of aromatic nitrogens is 1. The number of methoxy groups -OCH3 is 5. The highest BCUT2D eigenvalue weighted by atomic mass is 32.1. The molecule has 0 unspecified atom stereocenters. The summed E-state index contributed by atoms with van der Waals surface area (Å²) in [6, 6.07) is 6.89. The number of rotatable bonds is 9. The van der Waals surface area contributed by atoms with Crippen molar-refractivity contribution in [3.63, 3.8) is 0 Å². The summed E-state index contributed by atoms with van der Waals surface area (Å²) in [5.41, 5.74) is 1.30. The minimum atomic E-state index is -0.245. The highest BCUT2D eigenvalue weighted by Crippen LogP contribution is 2.38. The van der Waals surface area contributed by atoms with Crippen molar-refractivity contribution in [1.82, 2.24) is 4.57 Å². The van der Waals surface area contributed by atoms with E-state index in [1.54, 1.807) is 30.3 Å². The molecule has 0 aliphatic heterocycles. The van der Waals surface area contributed by atoms with E-state index in [2.05, 4.69) is 0 Å². The first-order valence-electron chi connectivity index (χ1n) is 9.22. The number of hydrogen-bond donors (Lipinski definition) is 0. The standard InChI is InChI=1S/C22H23NO7S/c1-26-16-10-15-20(11-17(16)27-2)31-22(25)23(15)12-14(24)7-6-13-8-18(28-3)21(30-5)19(9-13)29-4/h6-11H,12H2,1-5H3/b7-6+. The maximum Gasteiger partial charge on any atom is 0.308 e. The summed E-state index contributed by atoms with van der Waals surface area (Å²) < 4.78 is 28.7. The van der Waals surface area contributed by atoms with Gasteiger partial charge >= 0.3 is 4.87 Å². The van der Waals surface area contributed by atoms with E-state index in [1.807, 2.05) is 0 Å². The first-order valence-corrected chi connectivity index (χ1v) is 10.0. The van der Waals surface area contributed by atoms with Crippen molar-refractivity contribution < 1.29 is 28.5 Å². The lowest BCUT2D eigenvalue weighted by Crippen LogP contribution is -2.17. The molecule has 0 spiro atoms. The Bertz CT molecular complexity index is 1170. The Kier molecular flexibility index (Phi) is 6.86. The lowest BCUT2D eigenvalue weighted by atomic mass is 10.1. The third-order valence-electron chi connectivity index (χ3n) is 4.64. The van der Waals surface area contributed by atoms with Gasteiger partial charge in [-0.1, -0.05) is 17.4 Å². The largest absolute Gasteiger partial charge is 0.493 e. The molecule has 3 rings (SSSR count). The molecule has 0 N–H and O–H groups in total. The van der Waals surface area contributed by atoms with Crippen LogP contribution in [-0.4, -0.2) is 45.9 Å². The molecule has 2 aromatic carbocycles. The van der Waals surface area contributed by atoms with Gasteiger partial charge in [0.05, 0.1) is 52.3 Å². The summed E-state index contributed by atoms with van der Waals surface area (Å²) in [4.78, 5) is 24.8. The van der Waals surface area contributed by atoms with Crippen LogP contribution in [0.4, 0.5) is 0 Å². The van der Waals surface area contributed by atoms with Gasteiger partial charge in [-0.25, -0.2) is 0 Å². The molecule has 8 nitrogen and oxygen atoms in total. The average molecular weight is 445 g/mol. The molecule has 0 atom stereocenters. The Hall–Kier alpha value is -3.46. The predicted octanol–water partition coefficient (Wildman–Crippen LogP) is 3.39. The molecule has 31 heavy (non-hydrogen) atoms. The van der Waals surface area contributed by atoms with E-state index in [0.29, 0.717) is 44.5 Å². The summed E-state index contributed by atoms with van der Waals surface area (Å²) >= 11 is 1.05. The fourth-order valence-corrected chi connectivity index (χ4v) is 4.04. The van der Waals surface area contributed by atoms with Gasteiger partial charge in [0.2, 0.25) is 5.75 Å². The van der Waals surface area contributed by atoms with E-state index in [-0.39, 0.29) is 17.2 Å². The molecule has 9 heteroatoms. The smallest absolute Gasteiger partial charge is 0.308 e. The molecule has 0 bridgehead atoms. The molecule has 0 aliphatic carbocycles. The molecule has 0 saturated carbocycles. The molecular formula is C22H23NO7S. The van der Waals surface area contributed by atoms with Gasteiger partial charge in [0.1, 0.15) is 0 Å². The van der Waals surface area contributed by atoms with Crippen molar-refractivity contribution in [2.45, 2.75) is 6.54 Å². The molecule has 1 aromatic heterocycles. The maximum absolute atomic E-state index is 12.6. The first kappa shape index (κ1) is 22.2. The van der Waals surface area contributed by atoms with Crippen LogP contribution in [-0.2, 0) is 11.3 Å². The van der Waals surface area contributed by atoms with Crippen molar-refractivity contribution in [3.8, 4) is 28.7 Å². The number of ether oxygens (including phenoxy) is 5. The van der Waals surface area contributed by atoms with Crippen molar-refractivity contribution in [1.29, 1.82) is 0 Å². The summed E-state index contributed by atoms with van der Waals surface area (Å²) in [6.07, 6.45) is 3.05. The summed E-state index contributed by atoms with van der Waals surface area (Å²) in [5, 5.41) is 0. The number of allylic oxidation sites excluding steroid dienone is 1. The third kappa shape index (κ3) is 4.51. The second kappa shape index (κ2) is 9.57. The number of benzene rings is 2. The summed E-state index contributed by atoms with van der Waals surface area (Å²) in [7, 11) is 7.61. The zero-order chi connectivity index (χ0) is 22.5. The molecule has 0 amide bonds. The number of thiazole rings is 1. The van der Waals surface area contributed by atoms with Gasteiger partial charge in [0.15, 0.2) is 28.8 Å². The van der Waals surface area contributed by atoms with Crippen molar-refractivity contribution >= 4 is 33.4 Å². The number of fused-ring (bicyclic) bond motifs is 1. The summed E-state index contributed by atoms with van der Waals surface area (Å²) in [5.74, 6) is 2.20. The van der Waals surface area contributed by atoms with Gasteiger partial charge in [0.25, 0.3) is 0 Å². The van der Waals surface area contributed by atoms with Gasteiger partial charge in [0, 0.05) is 12.1 Å². The highest BCUT2D eigenvalue weighted by molar-refractivity contribution is 7.16. The number of nitrogens with zero attached hydrogens (tertiary/aromatic N) is 1. The Balaban J connectivity index is 1.89. The molecule has 3 aromatic rings. The SMILES string of the molecule is COc1cc2sc(=O)n(CC(=O)/C=C/c3cc(OC)c(OC)c(OC)c3)c2cc1OC. The van der Waals surface area contributed by atoms with Gasteiger partial charge in [-0.05, 0) is 23.8 Å². The first-order chi connectivity index (χ1) is 14.9. The van der Waals surface area contributed by atoms with Gasteiger partial charge in [-0.2, -0.15) is 0 Å². The Labute approximate surface area is 183 Å². The van der Waals surface area contributed by atoms with E-state index in [4.69, 9.17) is 23.7 Å². The maximum atomic E-state index is 12.6. The Morgan fingerprint density at radius 2 is 1.45 bits per heavy atom. The van der Waals surface area contributed by atoms with E-state index >= 15 is 0 Å². The van der Waals surface area contributed by atoms with E-state index in [0.717, 1.165) is 11.3 Å². The van der Waals surface area contributed by atoms with Crippen LogP contribution in [0.25, 0.3) is 16.3 Å². The highest BCUT2D eigenvalue weighted by Gasteiger charge is 2.15. The van der Waals surface area contributed by atoms with Crippen LogP contribution in [0, 0.1) is 0 Å². The van der Waals surface area contributed by atoms with Crippen molar-refractivity contribution in [2.24, 2.45) is 0 Å². The number of ketones is 1. The second-order valence-electron chi connectivity index (χ2n) is 6.39. The monoisotopic (exact) mass is 445 g/mol. The zero-order valence-electron chi connectivity index (χ0n) is 17.9. The number of hydrogen-bond acceptors (Lipinski definition) is 8. The Morgan fingerprint density at radius 1 is 0.871 bits per heavy atom. The van der Waals surface area contributed by atoms with Crippen molar-refractivity contribution in [2.75, 3.05) is 35.5 Å². The van der Waals surface area contributed by atoms with Crippen LogP contribution in [0.1, 0.15) is 5.56 Å². The van der Waals surface area contributed by atoms with E-state index < -0.39 is 0 Å². The molecular weight excluding hydrogens is 422 g/mol. The van der Waals surface area contributed by atoms with E-state index in [1.165, 1.54) is 46.2 Å². The summed E-state index contributed by atoms with van der Waals surface area (Å²) in [6.45, 7) is -0.102. The van der Waals surface area contributed by atoms with Crippen LogP contribution in [0.2, 0.25) is 0 Å². The average Bonchev–Trinajstić information content (AvgIpc) is 3.09. The third-order valence-corrected chi connectivity index (χ3v) is 5.58. The zero-order valence-corrected chi connectivity index (χ0v) is 18.7. The van der Waals surface area contributed by atoms with Gasteiger partial charge in [-0.3, -0.25) is 14.2 Å². The number of carbonyl (C=O) groups excluding carboxylic acids is 1. The molecule has 164 valence electrons. The van der Waals surface area contributed by atoms with Crippen molar-refractivity contribution in [3.05, 3.63) is 45.6 Å². The molecule has 1 heterocycles. The lowest BCUT2D eigenvalue weighted by Gasteiger charge is -2.12. The molecule has 0 saturated heterocycles. The van der Waals surface area contributed by atoms with Crippen LogP contribution in [0.15, 0.2) is 35.1 Å². The van der Waals surface area contributed by atoms with Crippen LogP contribution < -0.4 is 28.6 Å². The predicted molar refractivity (Wildman–Crippen MR) is 119 cm³/mol.